The van der Waals surface area contributed by atoms with E-state index in [1.165, 1.54) is 102 Å². The molecule has 34 heteroatoms. The number of nitrogens with two attached hydrogens (primary N) is 5. The SMILES string of the molecule is CO[C@]12C3[C@H](CN1C1=C(C(=O)C(N)=C(C)C1=O)[C@H]2COC(N)=O)N3C(=O)OCc1ccc(NC(=O)[C@H](CC(N)=O)NC(=O)[C@H](C)NC(=O)[C@H](C)NC(=O)C(C)C(=O)N[C@@H](C)C(=O)N[C@@H](C)C(=O)N[C@@H](CC(N)=O)C(=O)Nc2ccc(COC(N)=O)cc2)cc1. The molecule has 0 spiro atoms. The summed E-state index contributed by atoms with van der Waals surface area (Å²) in [7, 11) is 1.33. The lowest BCUT2D eigenvalue weighted by atomic mass is 9.82. The van der Waals surface area contributed by atoms with Gasteiger partial charge in [-0.15, -0.1) is 0 Å². The van der Waals surface area contributed by atoms with Crippen molar-refractivity contribution in [3.63, 3.8) is 0 Å². The van der Waals surface area contributed by atoms with Crippen molar-refractivity contribution in [2.24, 2.45) is 40.5 Å². The second kappa shape index (κ2) is 28.2. The number of Topliss-reactive ketones (excluding diaryl/α,β-unsaturated/α-hetero) is 2. The number of carbonyl (C=O) groups is 15. The first-order chi connectivity index (χ1) is 41.8. The number of primary amides is 4. The van der Waals surface area contributed by atoms with Crippen LogP contribution < -0.4 is 71.2 Å². The van der Waals surface area contributed by atoms with Crippen LogP contribution >= 0.6 is 0 Å². The standard InChI is InChI=1S/C55H69N15O19/c1-22-39(58)42(74)38-32(21-88-53(60)84)55(86-7)43-35(18-69(55)40(38)41(22)73)70(43)54(85)89-20-29-10-14-31(15-11-29)66-51(82)34(17-37(57)72)68-49(80)27(6)64-47(78)25(4)62-45(76)23(2)44(75)61-24(3)46(77)63-26(5)48(79)67-33(16-36(56)71)50(81)65-30-12-8-28(9-13-30)19-87-52(59)83/h8-15,23-27,32-35,43H,16-21,58H2,1-7H3,(H2,56,71)(H2,57,72)(H2,59,83)(H2,60,84)(H,61,75)(H,62,76)(H,63,77)(H,64,78)(H,65,81)(H,66,82)(H,67,79)(H,68,80)/t23?,24-,25-,26-,27-,32+,33-,34-,35-,43?,55+,70?/m0/s1. The van der Waals surface area contributed by atoms with Crippen LogP contribution in [0.1, 0.15) is 65.5 Å². The molecule has 2 saturated heterocycles. The Bertz CT molecular complexity index is 3320. The summed E-state index contributed by atoms with van der Waals surface area (Å²) in [5.74, 6) is -13.1. The number of hydrogen-bond donors (Lipinski definition) is 13. The topological polar surface area (TPSA) is 526 Å². The van der Waals surface area contributed by atoms with Crippen LogP contribution in [0.5, 0.6) is 0 Å². The average Bonchev–Trinajstić information content (AvgIpc) is 1.49. The maximum atomic E-state index is 13.6. The van der Waals surface area contributed by atoms with Crippen LogP contribution in [0.3, 0.4) is 0 Å². The van der Waals surface area contributed by atoms with Gasteiger partial charge in [-0.05, 0) is 76.9 Å². The lowest BCUT2D eigenvalue weighted by Crippen LogP contribution is -2.57. The molecule has 34 nitrogen and oxygen atoms in total. The van der Waals surface area contributed by atoms with Crippen molar-refractivity contribution in [1.82, 2.24) is 41.7 Å². The summed E-state index contributed by atoms with van der Waals surface area (Å²) in [5.41, 5.74) is 26.6. The van der Waals surface area contributed by atoms with Gasteiger partial charge in [-0.1, -0.05) is 24.3 Å². The summed E-state index contributed by atoms with van der Waals surface area (Å²) >= 11 is 0. The van der Waals surface area contributed by atoms with Crippen LogP contribution in [0, 0.1) is 11.8 Å². The van der Waals surface area contributed by atoms with E-state index in [-0.39, 0.29) is 53.7 Å². The van der Waals surface area contributed by atoms with Gasteiger partial charge in [-0.2, -0.15) is 0 Å². The normalized spacial score (nSPS) is 20.2. The summed E-state index contributed by atoms with van der Waals surface area (Å²) < 4.78 is 21.4. The van der Waals surface area contributed by atoms with Crippen molar-refractivity contribution >= 4 is 100 Å². The number of rotatable bonds is 27. The van der Waals surface area contributed by atoms with Crippen molar-refractivity contribution in [2.45, 2.75) is 122 Å². The number of ether oxygens (including phenoxy) is 4. The van der Waals surface area contributed by atoms with Crippen LogP contribution in [0.15, 0.2) is 71.1 Å². The number of piperazine rings is 1. The monoisotopic (exact) mass is 1240 g/mol. The second-order valence-corrected chi connectivity index (χ2v) is 21.3. The number of fused-ring (bicyclic) bond motifs is 4. The zero-order chi connectivity index (χ0) is 66.1. The number of anilines is 2. The van der Waals surface area contributed by atoms with E-state index < -0.39 is 174 Å². The fourth-order valence-corrected chi connectivity index (χ4v) is 10.1. The molecule has 0 saturated carbocycles. The number of amides is 13. The van der Waals surface area contributed by atoms with Crippen molar-refractivity contribution in [2.75, 3.05) is 30.9 Å². The summed E-state index contributed by atoms with van der Waals surface area (Å²) in [6.07, 6.45) is -4.22. The second-order valence-electron chi connectivity index (χ2n) is 21.3. The molecule has 13 amide bonds. The molecule has 11 atom stereocenters. The summed E-state index contributed by atoms with van der Waals surface area (Å²) in [6.45, 7) is 6.72. The fraction of sp³-hybridized carbons (Fsp3) is 0.436. The van der Waals surface area contributed by atoms with Gasteiger partial charge in [0.1, 0.15) is 68.0 Å². The van der Waals surface area contributed by atoms with Gasteiger partial charge in [0, 0.05) is 36.2 Å². The van der Waals surface area contributed by atoms with Gasteiger partial charge in [-0.3, -0.25) is 62.4 Å². The lowest BCUT2D eigenvalue weighted by molar-refractivity contribution is -0.144. The molecular weight excluding hydrogens is 1170 g/mol. The molecular formula is C55H69N15O19. The quantitative estimate of drug-likeness (QED) is 0.0175. The van der Waals surface area contributed by atoms with E-state index in [0.29, 0.717) is 11.1 Å². The summed E-state index contributed by atoms with van der Waals surface area (Å²) in [5, 5.41) is 19.1. The molecule has 4 aliphatic rings. The Morgan fingerprint density at radius 1 is 0.562 bits per heavy atom. The Kier molecular flexibility index (Phi) is 21.4. The van der Waals surface area contributed by atoms with E-state index in [1.807, 2.05) is 0 Å². The molecule has 0 radical (unpaired) electrons. The maximum absolute atomic E-state index is 13.6. The number of carbonyl (C=O) groups excluding carboxylic acids is 15. The third kappa shape index (κ3) is 15.7. The Labute approximate surface area is 506 Å². The number of methoxy groups -OCH3 is 1. The fourth-order valence-electron chi connectivity index (χ4n) is 10.1. The van der Waals surface area contributed by atoms with Gasteiger partial charge in [0.15, 0.2) is 5.72 Å². The first-order valence-corrected chi connectivity index (χ1v) is 27.4. The molecule has 478 valence electrons. The van der Waals surface area contributed by atoms with E-state index in [4.69, 9.17) is 47.6 Å². The Balaban J connectivity index is 0.933. The predicted molar refractivity (Wildman–Crippen MR) is 305 cm³/mol. The molecule has 3 aliphatic heterocycles. The average molecular weight is 1240 g/mol. The van der Waals surface area contributed by atoms with E-state index in [2.05, 4.69) is 42.5 Å². The van der Waals surface area contributed by atoms with Gasteiger partial charge in [0.2, 0.25) is 70.6 Å². The molecule has 0 aromatic heterocycles. The van der Waals surface area contributed by atoms with E-state index in [1.54, 1.807) is 4.90 Å². The molecule has 6 rings (SSSR count). The van der Waals surface area contributed by atoms with Gasteiger partial charge >= 0.3 is 18.3 Å². The third-order valence-electron chi connectivity index (χ3n) is 15.0. The molecule has 2 unspecified atom stereocenters. The van der Waals surface area contributed by atoms with Crippen LogP contribution in [0.2, 0.25) is 0 Å². The highest BCUT2D eigenvalue weighted by atomic mass is 16.6. The first-order valence-electron chi connectivity index (χ1n) is 27.4. The van der Waals surface area contributed by atoms with Crippen molar-refractivity contribution in [1.29, 1.82) is 0 Å². The maximum Gasteiger partial charge on any atom is 0.410 e. The molecule has 2 fully saturated rings. The number of allylic oxidation sites excluding steroid dienone is 2. The zero-order valence-electron chi connectivity index (χ0n) is 49.2. The van der Waals surface area contributed by atoms with Crippen LogP contribution in [-0.2, 0) is 89.7 Å². The van der Waals surface area contributed by atoms with Crippen LogP contribution in [-0.4, -0.2) is 173 Å². The van der Waals surface area contributed by atoms with Crippen LogP contribution in [0.4, 0.5) is 25.8 Å². The molecule has 1 aliphatic carbocycles. The highest BCUT2D eigenvalue weighted by Gasteiger charge is 2.78. The van der Waals surface area contributed by atoms with E-state index >= 15 is 0 Å². The van der Waals surface area contributed by atoms with Crippen molar-refractivity contribution in [3.8, 4) is 0 Å². The number of ketones is 2. The van der Waals surface area contributed by atoms with E-state index in [0.717, 1.165) is 0 Å². The Morgan fingerprint density at radius 2 is 0.966 bits per heavy atom. The lowest BCUT2D eigenvalue weighted by Gasteiger charge is -2.40. The smallest absolute Gasteiger partial charge is 0.410 e. The summed E-state index contributed by atoms with van der Waals surface area (Å²) in [4.78, 5) is 195. The highest BCUT2D eigenvalue weighted by molar-refractivity contribution is 6.25. The van der Waals surface area contributed by atoms with Gasteiger partial charge in [-0.25, -0.2) is 14.4 Å². The minimum absolute atomic E-state index is 0.0214. The summed E-state index contributed by atoms with van der Waals surface area (Å²) in [6, 6.07) is 2.00. The van der Waals surface area contributed by atoms with Crippen LogP contribution in [0.25, 0.3) is 0 Å². The molecule has 89 heavy (non-hydrogen) atoms. The van der Waals surface area contributed by atoms with Crippen molar-refractivity contribution in [3.05, 3.63) is 82.2 Å². The Hall–Kier alpha value is -10.7. The zero-order valence-corrected chi connectivity index (χ0v) is 49.2. The number of nitrogens with zero attached hydrogens (tertiary/aromatic N) is 2. The Morgan fingerprint density at radius 3 is 1.37 bits per heavy atom. The largest absolute Gasteiger partial charge is 0.449 e. The van der Waals surface area contributed by atoms with Gasteiger partial charge in [0.05, 0.1) is 36.2 Å². The van der Waals surface area contributed by atoms with E-state index in [9.17, 15) is 71.9 Å². The minimum Gasteiger partial charge on any atom is -0.449 e. The molecule has 18 N–H and O–H groups in total. The molecule has 2 aromatic rings. The molecule has 0 bridgehead atoms. The van der Waals surface area contributed by atoms with Gasteiger partial charge < -0.3 is 95.1 Å². The third-order valence-corrected chi connectivity index (χ3v) is 15.0. The highest BCUT2D eigenvalue weighted by Crippen LogP contribution is 2.60. The van der Waals surface area contributed by atoms with Gasteiger partial charge in [0.25, 0.3) is 0 Å². The number of nitrogens with one attached hydrogen (secondary N) is 8. The number of hydrogen-bond acceptors (Lipinski definition) is 21. The predicted octanol–water partition coefficient (Wildman–Crippen LogP) is -4.05. The first kappa shape index (κ1) is 67.5. The molecule has 2 aromatic carbocycles. The minimum atomic E-state index is -1.56. The molecule has 3 heterocycles. The van der Waals surface area contributed by atoms with Crippen molar-refractivity contribution < 1.29 is 90.9 Å². The number of benzene rings is 2.